The fourth-order valence-corrected chi connectivity index (χ4v) is 2.84. The van der Waals surface area contributed by atoms with Crippen LogP contribution in [0, 0.1) is 13.8 Å². The van der Waals surface area contributed by atoms with Crippen molar-refractivity contribution in [1.29, 1.82) is 0 Å². The van der Waals surface area contributed by atoms with Crippen LogP contribution in [0.2, 0.25) is 0 Å². The van der Waals surface area contributed by atoms with E-state index in [0.29, 0.717) is 6.04 Å². The molecule has 2 heteroatoms. The summed E-state index contributed by atoms with van der Waals surface area (Å²) in [5.74, 6) is 0. The molecule has 1 aromatic heterocycles. The van der Waals surface area contributed by atoms with Crippen molar-refractivity contribution in [1.82, 2.24) is 10.3 Å². The molecule has 0 amide bonds. The number of rotatable bonds is 1. The number of para-hydroxylation sites is 1. The molecular formula is C15H18N2. The number of fused-ring (bicyclic) bond motifs is 1. The smallest absolute Gasteiger partial charge is 0.0708 e. The van der Waals surface area contributed by atoms with Gasteiger partial charge in [-0.3, -0.25) is 4.98 Å². The summed E-state index contributed by atoms with van der Waals surface area (Å²) in [5, 5.41) is 4.92. The van der Waals surface area contributed by atoms with E-state index in [0.717, 1.165) is 17.8 Å². The molecule has 17 heavy (non-hydrogen) atoms. The van der Waals surface area contributed by atoms with Crippen LogP contribution >= 0.6 is 0 Å². The molecule has 1 fully saturated rings. The second kappa shape index (κ2) is 4.11. The molecule has 1 atom stereocenters. The van der Waals surface area contributed by atoms with Gasteiger partial charge in [0.2, 0.25) is 0 Å². The van der Waals surface area contributed by atoms with E-state index in [-0.39, 0.29) is 0 Å². The molecule has 2 nitrogen and oxygen atoms in total. The van der Waals surface area contributed by atoms with Crippen molar-refractivity contribution in [3.63, 3.8) is 0 Å². The highest BCUT2D eigenvalue weighted by molar-refractivity contribution is 5.84. The van der Waals surface area contributed by atoms with Crippen LogP contribution in [0.25, 0.3) is 10.9 Å². The van der Waals surface area contributed by atoms with Gasteiger partial charge in [-0.15, -0.1) is 0 Å². The van der Waals surface area contributed by atoms with E-state index >= 15 is 0 Å². The van der Waals surface area contributed by atoms with Gasteiger partial charge in [-0.1, -0.05) is 18.2 Å². The van der Waals surface area contributed by atoms with E-state index in [1.54, 1.807) is 0 Å². The van der Waals surface area contributed by atoms with Gasteiger partial charge in [0.1, 0.15) is 0 Å². The molecule has 0 spiro atoms. The number of pyridine rings is 1. The Bertz CT molecular complexity index is 554. The van der Waals surface area contributed by atoms with E-state index < -0.39 is 0 Å². The third-order valence-electron chi connectivity index (χ3n) is 3.84. The summed E-state index contributed by atoms with van der Waals surface area (Å²) in [7, 11) is 0. The highest BCUT2D eigenvalue weighted by atomic mass is 14.9. The van der Waals surface area contributed by atoms with Crippen molar-refractivity contribution >= 4 is 10.9 Å². The molecule has 0 saturated carbocycles. The Morgan fingerprint density at radius 1 is 1.24 bits per heavy atom. The van der Waals surface area contributed by atoms with Gasteiger partial charge >= 0.3 is 0 Å². The molecule has 0 radical (unpaired) electrons. The van der Waals surface area contributed by atoms with E-state index in [9.17, 15) is 0 Å². The highest BCUT2D eigenvalue weighted by Gasteiger charge is 2.21. The molecule has 2 aromatic rings. The molecule has 0 bridgehead atoms. The Kier molecular flexibility index (Phi) is 2.60. The third-order valence-corrected chi connectivity index (χ3v) is 3.84. The second-order valence-electron chi connectivity index (χ2n) is 4.90. The Morgan fingerprint density at radius 2 is 2.06 bits per heavy atom. The van der Waals surface area contributed by atoms with Gasteiger partial charge < -0.3 is 5.32 Å². The van der Waals surface area contributed by atoms with Gasteiger partial charge in [-0.05, 0) is 50.4 Å². The van der Waals surface area contributed by atoms with Gasteiger partial charge in [-0.25, -0.2) is 0 Å². The number of hydrogen-bond donors (Lipinski definition) is 1. The third kappa shape index (κ3) is 1.73. The lowest BCUT2D eigenvalue weighted by Gasteiger charge is -2.18. The summed E-state index contributed by atoms with van der Waals surface area (Å²) in [6, 6.07) is 9.00. The molecule has 2 heterocycles. The fraction of sp³-hybridized carbons (Fsp3) is 0.400. The summed E-state index contributed by atoms with van der Waals surface area (Å²) in [5.41, 5.74) is 5.10. The first-order valence-corrected chi connectivity index (χ1v) is 6.36. The van der Waals surface area contributed by atoms with E-state index in [1.807, 2.05) is 0 Å². The van der Waals surface area contributed by atoms with Crippen LogP contribution in [0.5, 0.6) is 0 Å². The minimum atomic E-state index is 0.515. The van der Waals surface area contributed by atoms with Crippen LogP contribution in [-0.4, -0.2) is 11.5 Å². The van der Waals surface area contributed by atoms with Gasteiger partial charge in [0.15, 0.2) is 0 Å². The maximum absolute atomic E-state index is 4.68. The maximum Gasteiger partial charge on any atom is 0.0708 e. The Morgan fingerprint density at radius 3 is 2.82 bits per heavy atom. The lowest BCUT2D eigenvalue weighted by atomic mass is 9.95. The maximum atomic E-state index is 4.68. The topological polar surface area (TPSA) is 24.9 Å². The Hall–Kier alpha value is -1.41. The number of nitrogens with zero attached hydrogens (tertiary/aromatic N) is 1. The SMILES string of the molecule is Cc1nc2ccccc2c(C2CCCN2)c1C. The quantitative estimate of drug-likeness (QED) is 0.807. The van der Waals surface area contributed by atoms with E-state index in [4.69, 9.17) is 0 Å². The summed E-state index contributed by atoms with van der Waals surface area (Å²) in [6.07, 6.45) is 2.52. The summed E-state index contributed by atoms with van der Waals surface area (Å²) >= 11 is 0. The molecule has 88 valence electrons. The predicted molar refractivity (Wildman–Crippen MR) is 71.2 cm³/mol. The normalized spacial score (nSPS) is 20.0. The monoisotopic (exact) mass is 226 g/mol. The molecular weight excluding hydrogens is 208 g/mol. The van der Waals surface area contributed by atoms with Crippen molar-refractivity contribution < 1.29 is 0 Å². The summed E-state index contributed by atoms with van der Waals surface area (Å²) in [6.45, 7) is 5.45. The minimum absolute atomic E-state index is 0.515. The first-order chi connectivity index (χ1) is 8.27. The Balaban J connectivity index is 2.29. The molecule has 0 aliphatic carbocycles. The van der Waals surface area contributed by atoms with Gasteiger partial charge in [0, 0.05) is 17.1 Å². The molecule has 3 rings (SSSR count). The number of aromatic nitrogens is 1. The zero-order valence-corrected chi connectivity index (χ0v) is 10.5. The van der Waals surface area contributed by atoms with Gasteiger partial charge in [0.05, 0.1) is 5.52 Å². The molecule has 1 aromatic carbocycles. The van der Waals surface area contributed by atoms with Gasteiger partial charge in [0.25, 0.3) is 0 Å². The van der Waals surface area contributed by atoms with Crippen LogP contribution in [0.3, 0.4) is 0 Å². The van der Waals surface area contributed by atoms with Crippen LogP contribution in [0.15, 0.2) is 24.3 Å². The minimum Gasteiger partial charge on any atom is -0.310 e. The van der Waals surface area contributed by atoms with Crippen LogP contribution in [0.1, 0.15) is 35.7 Å². The van der Waals surface area contributed by atoms with E-state index in [1.165, 1.54) is 29.4 Å². The number of benzene rings is 1. The molecule has 1 unspecified atom stereocenters. The average molecular weight is 226 g/mol. The van der Waals surface area contributed by atoms with Crippen LogP contribution in [-0.2, 0) is 0 Å². The number of hydrogen-bond acceptors (Lipinski definition) is 2. The van der Waals surface area contributed by atoms with Crippen molar-refractivity contribution in [3.8, 4) is 0 Å². The molecule has 1 aliphatic rings. The molecule has 1 N–H and O–H groups in total. The summed E-state index contributed by atoms with van der Waals surface area (Å²) < 4.78 is 0. The zero-order chi connectivity index (χ0) is 11.8. The fourth-order valence-electron chi connectivity index (χ4n) is 2.84. The van der Waals surface area contributed by atoms with Crippen LogP contribution < -0.4 is 5.32 Å². The zero-order valence-electron chi connectivity index (χ0n) is 10.5. The largest absolute Gasteiger partial charge is 0.310 e. The highest BCUT2D eigenvalue weighted by Crippen LogP contribution is 2.32. The second-order valence-corrected chi connectivity index (χ2v) is 4.90. The lowest BCUT2D eigenvalue weighted by molar-refractivity contribution is 0.647. The molecule has 1 aliphatic heterocycles. The van der Waals surface area contributed by atoms with Crippen LogP contribution in [0.4, 0.5) is 0 Å². The molecule has 1 saturated heterocycles. The Labute approximate surface area is 102 Å². The number of nitrogens with one attached hydrogen (secondary N) is 1. The lowest BCUT2D eigenvalue weighted by Crippen LogP contribution is -2.15. The summed E-state index contributed by atoms with van der Waals surface area (Å²) in [4.78, 5) is 4.68. The first kappa shape index (κ1) is 10.7. The van der Waals surface area contributed by atoms with Crippen molar-refractivity contribution in [3.05, 3.63) is 41.1 Å². The van der Waals surface area contributed by atoms with Crippen molar-refractivity contribution in [2.24, 2.45) is 0 Å². The standard InChI is InChI=1S/C15H18N2/c1-10-11(2)17-13-7-4-3-6-12(13)15(10)14-8-5-9-16-14/h3-4,6-7,14,16H,5,8-9H2,1-2H3. The van der Waals surface area contributed by atoms with Gasteiger partial charge in [-0.2, -0.15) is 0 Å². The predicted octanol–water partition coefficient (Wildman–Crippen LogP) is 3.28. The number of aryl methyl sites for hydroxylation is 1. The van der Waals surface area contributed by atoms with E-state index in [2.05, 4.69) is 48.4 Å². The average Bonchev–Trinajstić information content (AvgIpc) is 2.84. The van der Waals surface area contributed by atoms with Crippen molar-refractivity contribution in [2.45, 2.75) is 32.7 Å². The van der Waals surface area contributed by atoms with Crippen molar-refractivity contribution in [2.75, 3.05) is 6.54 Å². The first-order valence-electron chi connectivity index (χ1n) is 6.36.